The summed E-state index contributed by atoms with van der Waals surface area (Å²) in [6, 6.07) is 4.18. The van der Waals surface area contributed by atoms with Crippen LogP contribution in [0.5, 0.6) is 0 Å². The molecule has 2 fully saturated rings. The van der Waals surface area contributed by atoms with Gasteiger partial charge in [0.1, 0.15) is 0 Å². The molecule has 2 aromatic heterocycles. The topological polar surface area (TPSA) is 74.1 Å². The maximum atomic E-state index is 6.67. The van der Waals surface area contributed by atoms with Crippen molar-refractivity contribution in [2.24, 2.45) is 0 Å². The average Bonchev–Trinajstić information content (AvgIpc) is 3.43. The molecule has 1 N–H and O–H groups in total. The van der Waals surface area contributed by atoms with Crippen LogP contribution in [0.3, 0.4) is 0 Å². The summed E-state index contributed by atoms with van der Waals surface area (Å²) < 4.78 is 5.56. The van der Waals surface area contributed by atoms with E-state index < -0.39 is 0 Å². The summed E-state index contributed by atoms with van der Waals surface area (Å²) in [5.41, 5.74) is 3.09. The summed E-state index contributed by atoms with van der Waals surface area (Å²) in [6.07, 6.45) is 5.73. The lowest BCUT2D eigenvalue weighted by Gasteiger charge is -2.35. The second kappa shape index (κ2) is 8.64. The third-order valence-corrected chi connectivity index (χ3v) is 8.39. The van der Waals surface area contributed by atoms with Gasteiger partial charge in [0, 0.05) is 36.8 Å². The van der Waals surface area contributed by atoms with Gasteiger partial charge < -0.3 is 19.2 Å². The Morgan fingerprint density at radius 3 is 2.68 bits per heavy atom. The first-order chi connectivity index (χ1) is 15.0. The number of fused-ring (bicyclic) bond motifs is 1. The number of likely N-dealkylation sites (N-methyl/N-ethyl adjacent to an activating group) is 1. The molecule has 2 aliphatic rings. The fourth-order valence-electron chi connectivity index (χ4n) is 4.76. The SMILES string of the molecule is CCN1CCN(c2cc3nc(SC4(C)CCC(c5nnco5)CC4)[nH]c3cc2Cl)CC1. The van der Waals surface area contributed by atoms with Crippen molar-refractivity contribution >= 4 is 40.1 Å². The van der Waals surface area contributed by atoms with Gasteiger partial charge in [-0.2, -0.15) is 0 Å². The molecule has 3 heterocycles. The maximum absolute atomic E-state index is 6.67. The molecule has 0 radical (unpaired) electrons. The lowest BCUT2D eigenvalue weighted by atomic mass is 9.82. The van der Waals surface area contributed by atoms with Gasteiger partial charge in [-0.05, 0) is 51.3 Å². The smallest absolute Gasteiger partial charge is 0.219 e. The van der Waals surface area contributed by atoms with Crippen molar-refractivity contribution in [2.45, 2.75) is 55.4 Å². The second-order valence-corrected chi connectivity index (χ2v) is 10.9. The number of hydrogen-bond donors (Lipinski definition) is 1. The summed E-state index contributed by atoms with van der Waals surface area (Å²) in [6.45, 7) is 9.82. The third-order valence-electron chi connectivity index (χ3n) is 6.80. The van der Waals surface area contributed by atoms with Crippen molar-refractivity contribution < 1.29 is 4.42 Å². The predicted octanol–water partition coefficient (Wildman–Crippen LogP) is 4.95. The number of rotatable bonds is 5. The first-order valence-corrected chi connectivity index (χ1v) is 12.3. The standard InChI is InChI=1S/C22H29ClN6OS/c1-3-28-8-10-29(11-9-28)19-13-18-17(12-16(19)23)25-21(26-18)31-22(2)6-4-15(5-7-22)20-27-24-14-30-20/h12-15H,3-11H2,1-2H3,(H,25,26). The molecule has 0 amide bonds. The fourth-order valence-corrected chi connectivity index (χ4v) is 6.26. The number of piperazine rings is 1. The Hall–Kier alpha value is -1.77. The highest BCUT2D eigenvalue weighted by atomic mass is 35.5. The van der Waals surface area contributed by atoms with Crippen LogP contribution in [0, 0.1) is 0 Å². The minimum atomic E-state index is 0.146. The van der Waals surface area contributed by atoms with E-state index in [9.17, 15) is 0 Å². The zero-order valence-electron chi connectivity index (χ0n) is 18.1. The van der Waals surface area contributed by atoms with E-state index in [1.165, 1.54) is 6.39 Å². The highest BCUT2D eigenvalue weighted by Gasteiger charge is 2.35. The van der Waals surface area contributed by atoms with E-state index in [1.54, 1.807) is 0 Å². The van der Waals surface area contributed by atoms with E-state index in [-0.39, 0.29) is 4.75 Å². The van der Waals surface area contributed by atoms with Gasteiger partial charge in [0.15, 0.2) is 5.16 Å². The fraction of sp³-hybridized carbons (Fsp3) is 0.591. The minimum Gasteiger partial charge on any atom is -0.428 e. The Labute approximate surface area is 191 Å². The van der Waals surface area contributed by atoms with Crippen LogP contribution < -0.4 is 4.90 Å². The van der Waals surface area contributed by atoms with Crippen LogP contribution in [0.25, 0.3) is 11.0 Å². The number of aromatic amines is 1. The van der Waals surface area contributed by atoms with E-state index in [4.69, 9.17) is 21.0 Å². The molecule has 1 saturated carbocycles. The van der Waals surface area contributed by atoms with Gasteiger partial charge in [-0.15, -0.1) is 10.2 Å². The Kier molecular flexibility index (Phi) is 5.88. The normalized spacial score (nSPS) is 25.4. The van der Waals surface area contributed by atoms with Crippen molar-refractivity contribution in [1.29, 1.82) is 0 Å². The Morgan fingerprint density at radius 1 is 1.23 bits per heavy atom. The molecule has 0 spiro atoms. The Balaban J connectivity index is 1.29. The van der Waals surface area contributed by atoms with Gasteiger partial charge in [0.25, 0.3) is 0 Å². The van der Waals surface area contributed by atoms with Crippen LogP contribution in [0.2, 0.25) is 5.02 Å². The van der Waals surface area contributed by atoms with Gasteiger partial charge in [0.2, 0.25) is 12.3 Å². The number of halogens is 1. The molecule has 1 saturated heterocycles. The zero-order valence-corrected chi connectivity index (χ0v) is 19.7. The second-order valence-electron chi connectivity index (χ2n) is 8.89. The van der Waals surface area contributed by atoms with Crippen LogP contribution in [0.15, 0.2) is 28.1 Å². The first kappa shape index (κ1) is 21.1. The molecule has 0 atom stereocenters. The van der Waals surface area contributed by atoms with Crippen LogP contribution in [0.1, 0.15) is 51.3 Å². The molecular weight excluding hydrogens is 432 g/mol. The quantitative estimate of drug-likeness (QED) is 0.577. The average molecular weight is 461 g/mol. The van der Waals surface area contributed by atoms with Crippen molar-refractivity contribution in [3.8, 4) is 0 Å². The molecule has 7 nitrogen and oxygen atoms in total. The minimum absolute atomic E-state index is 0.146. The first-order valence-electron chi connectivity index (χ1n) is 11.1. The van der Waals surface area contributed by atoms with Gasteiger partial charge in [-0.1, -0.05) is 30.3 Å². The number of nitrogens with zero attached hydrogens (tertiary/aromatic N) is 5. The summed E-state index contributed by atoms with van der Waals surface area (Å²) in [5.74, 6) is 1.15. The lowest BCUT2D eigenvalue weighted by molar-refractivity contribution is 0.271. The van der Waals surface area contributed by atoms with E-state index in [0.717, 1.165) is 91.2 Å². The summed E-state index contributed by atoms with van der Waals surface area (Å²) in [4.78, 5) is 13.3. The molecule has 0 unspecified atom stereocenters. The monoisotopic (exact) mass is 460 g/mol. The van der Waals surface area contributed by atoms with Crippen molar-refractivity contribution in [1.82, 2.24) is 25.1 Å². The lowest BCUT2D eigenvalue weighted by Crippen LogP contribution is -2.46. The van der Waals surface area contributed by atoms with Gasteiger partial charge >= 0.3 is 0 Å². The number of imidazole rings is 1. The number of aromatic nitrogens is 4. The van der Waals surface area contributed by atoms with E-state index in [1.807, 2.05) is 17.8 Å². The molecule has 166 valence electrons. The molecule has 0 bridgehead atoms. The zero-order chi connectivity index (χ0) is 21.4. The maximum Gasteiger partial charge on any atom is 0.219 e. The number of nitrogens with one attached hydrogen (secondary N) is 1. The van der Waals surface area contributed by atoms with E-state index in [0.29, 0.717) is 5.92 Å². The molecule has 1 aromatic carbocycles. The number of H-pyrrole nitrogens is 1. The number of thioether (sulfide) groups is 1. The van der Waals surface area contributed by atoms with Crippen molar-refractivity contribution in [3.05, 3.63) is 29.4 Å². The van der Waals surface area contributed by atoms with Gasteiger partial charge in [-0.25, -0.2) is 4.98 Å². The summed E-state index contributed by atoms with van der Waals surface area (Å²) >= 11 is 8.52. The molecule has 9 heteroatoms. The third kappa shape index (κ3) is 4.43. The Morgan fingerprint density at radius 2 is 2.00 bits per heavy atom. The van der Waals surface area contributed by atoms with E-state index in [2.05, 4.69) is 44.9 Å². The number of benzene rings is 1. The largest absolute Gasteiger partial charge is 0.428 e. The predicted molar refractivity (Wildman–Crippen MR) is 125 cm³/mol. The molecule has 31 heavy (non-hydrogen) atoms. The number of hydrogen-bond acceptors (Lipinski definition) is 7. The van der Waals surface area contributed by atoms with Gasteiger partial charge in [-0.3, -0.25) is 0 Å². The molecule has 1 aliphatic heterocycles. The van der Waals surface area contributed by atoms with Crippen LogP contribution in [-0.2, 0) is 0 Å². The van der Waals surface area contributed by atoms with Crippen LogP contribution >= 0.6 is 23.4 Å². The number of anilines is 1. The van der Waals surface area contributed by atoms with Crippen LogP contribution in [-0.4, -0.2) is 62.5 Å². The van der Waals surface area contributed by atoms with Gasteiger partial charge in [0.05, 0.1) is 21.7 Å². The van der Waals surface area contributed by atoms with E-state index >= 15 is 0 Å². The summed E-state index contributed by atoms with van der Waals surface area (Å²) in [5, 5.41) is 9.70. The molecular formula is C22H29ClN6OS. The summed E-state index contributed by atoms with van der Waals surface area (Å²) in [7, 11) is 0. The highest BCUT2D eigenvalue weighted by Crippen LogP contribution is 2.47. The molecule has 5 rings (SSSR count). The molecule has 1 aliphatic carbocycles. The highest BCUT2D eigenvalue weighted by molar-refractivity contribution is 8.00. The van der Waals surface area contributed by atoms with Crippen LogP contribution in [0.4, 0.5) is 5.69 Å². The van der Waals surface area contributed by atoms with Crippen molar-refractivity contribution in [3.63, 3.8) is 0 Å². The van der Waals surface area contributed by atoms with Crippen molar-refractivity contribution in [2.75, 3.05) is 37.6 Å². The molecule has 3 aromatic rings. The Bertz CT molecular complexity index is 1020.